The predicted octanol–water partition coefficient (Wildman–Crippen LogP) is 1.63. The third-order valence-corrected chi connectivity index (χ3v) is 5.01. The van der Waals surface area contributed by atoms with Gasteiger partial charge in [-0.15, -0.1) is 0 Å². The van der Waals surface area contributed by atoms with Gasteiger partial charge in [0.15, 0.2) is 0 Å². The van der Waals surface area contributed by atoms with Crippen molar-refractivity contribution >= 4 is 0 Å². The monoisotopic (exact) mass is 284 g/mol. The molecule has 0 amide bonds. The summed E-state index contributed by atoms with van der Waals surface area (Å²) in [5.74, 6) is 0.955. The Hall–Kier alpha value is -0.160. The van der Waals surface area contributed by atoms with Gasteiger partial charge in [0.25, 0.3) is 0 Å². The third kappa shape index (κ3) is 4.99. The van der Waals surface area contributed by atoms with Crippen molar-refractivity contribution in [3.63, 3.8) is 0 Å². The Morgan fingerprint density at radius 2 is 1.95 bits per heavy atom. The third-order valence-electron chi connectivity index (χ3n) is 5.01. The molecule has 2 N–H and O–H groups in total. The van der Waals surface area contributed by atoms with E-state index in [1.165, 1.54) is 38.5 Å². The van der Waals surface area contributed by atoms with Crippen molar-refractivity contribution in [1.29, 1.82) is 0 Å². The second kappa shape index (κ2) is 8.32. The van der Waals surface area contributed by atoms with Crippen molar-refractivity contribution in [2.45, 2.75) is 63.6 Å². The standard InChI is InChI=1S/C16H32N2O2/c1-3-13-4-5-15(10-13)17-14-6-8-18(9-7-14)11-16(19)12-20-2/h13-17,19H,3-12H2,1-2H3. The SMILES string of the molecule is CCC1CCC(NC2CCN(CC(O)COC)CC2)C1. The number of nitrogens with one attached hydrogen (secondary N) is 1. The van der Waals surface area contributed by atoms with E-state index in [0.29, 0.717) is 12.6 Å². The minimum atomic E-state index is -0.343. The molecule has 3 unspecified atom stereocenters. The predicted molar refractivity (Wildman–Crippen MR) is 81.9 cm³/mol. The van der Waals surface area contributed by atoms with Gasteiger partial charge in [-0.2, -0.15) is 0 Å². The van der Waals surface area contributed by atoms with E-state index in [1.54, 1.807) is 7.11 Å². The Bertz CT molecular complexity index is 267. The molecule has 0 bridgehead atoms. The summed E-state index contributed by atoms with van der Waals surface area (Å²) < 4.78 is 4.99. The number of aliphatic hydroxyl groups excluding tert-OH is 1. The Labute approximate surface area is 123 Å². The number of β-amino-alcohol motifs (C(OH)–C–C–N with tert-alkyl or cyclic N) is 1. The van der Waals surface area contributed by atoms with Gasteiger partial charge >= 0.3 is 0 Å². The van der Waals surface area contributed by atoms with E-state index in [0.717, 1.165) is 31.6 Å². The van der Waals surface area contributed by atoms with E-state index >= 15 is 0 Å². The van der Waals surface area contributed by atoms with E-state index in [4.69, 9.17) is 4.74 Å². The highest BCUT2D eigenvalue weighted by Crippen LogP contribution is 2.28. The summed E-state index contributed by atoms with van der Waals surface area (Å²) in [5, 5.41) is 13.6. The van der Waals surface area contributed by atoms with Crippen molar-refractivity contribution < 1.29 is 9.84 Å². The Morgan fingerprint density at radius 1 is 1.20 bits per heavy atom. The second-order valence-electron chi connectivity index (χ2n) is 6.63. The maximum atomic E-state index is 9.77. The minimum absolute atomic E-state index is 0.343. The number of nitrogens with zero attached hydrogens (tertiary/aromatic N) is 1. The lowest BCUT2D eigenvalue weighted by molar-refractivity contribution is 0.0307. The molecule has 1 aliphatic carbocycles. The van der Waals surface area contributed by atoms with Gasteiger partial charge in [-0.05, 0) is 51.1 Å². The van der Waals surface area contributed by atoms with Crippen LogP contribution in [-0.4, -0.2) is 61.5 Å². The summed E-state index contributed by atoms with van der Waals surface area (Å²) in [6, 6.07) is 1.45. The zero-order valence-electron chi connectivity index (χ0n) is 13.2. The Morgan fingerprint density at radius 3 is 2.55 bits per heavy atom. The van der Waals surface area contributed by atoms with Crippen LogP contribution in [0, 0.1) is 5.92 Å². The van der Waals surface area contributed by atoms with Crippen LogP contribution in [0.4, 0.5) is 0 Å². The molecule has 1 saturated carbocycles. The van der Waals surface area contributed by atoms with Crippen LogP contribution in [0.2, 0.25) is 0 Å². The first-order valence-corrected chi connectivity index (χ1v) is 8.36. The average Bonchev–Trinajstić information content (AvgIpc) is 2.89. The number of ether oxygens (including phenoxy) is 1. The molecule has 1 aliphatic heterocycles. The summed E-state index contributed by atoms with van der Waals surface area (Å²) in [5.41, 5.74) is 0. The van der Waals surface area contributed by atoms with Crippen LogP contribution in [0.25, 0.3) is 0 Å². The van der Waals surface area contributed by atoms with Crippen LogP contribution >= 0.6 is 0 Å². The van der Waals surface area contributed by atoms with E-state index in [-0.39, 0.29) is 6.10 Å². The lowest BCUT2D eigenvalue weighted by atomic mass is 10.0. The van der Waals surface area contributed by atoms with E-state index in [9.17, 15) is 5.11 Å². The smallest absolute Gasteiger partial charge is 0.0900 e. The highest BCUT2D eigenvalue weighted by molar-refractivity contribution is 4.86. The summed E-state index contributed by atoms with van der Waals surface area (Å²) >= 11 is 0. The normalized spacial score (nSPS) is 30.8. The number of piperidine rings is 1. The number of hydrogen-bond acceptors (Lipinski definition) is 4. The van der Waals surface area contributed by atoms with Crippen molar-refractivity contribution in [2.75, 3.05) is 33.4 Å². The molecule has 118 valence electrons. The van der Waals surface area contributed by atoms with E-state index < -0.39 is 0 Å². The quantitative estimate of drug-likeness (QED) is 0.746. The van der Waals surface area contributed by atoms with Crippen molar-refractivity contribution in [1.82, 2.24) is 10.2 Å². The molecule has 3 atom stereocenters. The van der Waals surface area contributed by atoms with Crippen LogP contribution < -0.4 is 5.32 Å². The molecular formula is C16H32N2O2. The van der Waals surface area contributed by atoms with Gasteiger partial charge in [0.05, 0.1) is 12.7 Å². The van der Waals surface area contributed by atoms with Gasteiger partial charge in [0, 0.05) is 25.7 Å². The van der Waals surface area contributed by atoms with Gasteiger partial charge in [-0.25, -0.2) is 0 Å². The molecule has 1 heterocycles. The molecular weight excluding hydrogens is 252 g/mol. The first-order valence-electron chi connectivity index (χ1n) is 8.36. The maximum Gasteiger partial charge on any atom is 0.0900 e. The molecule has 0 aromatic heterocycles. The molecule has 0 radical (unpaired) electrons. The van der Waals surface area contributed by atoms with Gasteiger partial charge in [0.1, 0.15) is 0 Å². The lowest BCUT2D eigenvalue weighted by Crippen LogP contribution is -2.47. The fourth-order valence-electron chi connectivity index (χ4n) is 3.76. The molecule has 2 fully saturated rings. The fraction of sp³-hybridized carbons (Fsp3) is 1.00. The average molecular weight is 284 g/mol. The van der Waals surface area contributed by atoms with Crippen LogP contribution in [0.1, 0.15) is 45.4 Å². The van der Waals surface area contributed by atoms with Crippen LogP contribution in [-0.2, 0) is 4.74 Å². The Balaban J connectivity index is 1.62. The summed E-state index contributed by atoms with van der Waals surface area (Å²) in [6.45, 7) is 5.71. The van der Waals surface area contributed by atoms with Gasteiger partial charge in [-0.1, -0.05) is 13.3 Å². The number of rotatable bonds is 7. The van der Waals surface area contributed by atoms with Crippen LogP contribution in [0.15, 0.2) is 0 Å². The van der Waals surface area contributed by atoms with Gasteiger partial charge in [-0.3, -0.25) is 0 Å². The minimum Gasteiger partial charge on any atom is -0.389 e. The molecule has 1 saturated heterocycles. The van der Waals surface area contributed by atoms with E-state index in [2.05, 4.69) is 17.1 Å². The van der Waals surface area contributed by atoms with Crippen LogP contribution in [0.5, 0.6) is 0 Å². The van der Waals surface area contributed by atoms with Crippen LogP contribution in [0.3, 0.4) is 0 Å². The molecule has 2 aliphatic rings. The number of aliphatic hydroxyl groups is 1. The molecule has 4 nitrogen and oxygen atoms in total. The molecule has 0 spiro atoms. The first kappa shape index (κ1) is 16.2. The molecule has 0 aromatic rings. The van der Waals surface area contributed by atoms with Crippen molar-refractivity contribution in [3.05, 3.63) is 0 Å². The molecule has 4 heteroatoms. The fourth-order valence-corrected chi connectivity index (χ4v) is 3.76. The van der Waals surface area contributed by atoms with E-state index in [1.807, 2.05) is 0 Å². The van der Waals surface area contributed by atoms with Gasteiger partial charge < -0.3 is 20.1 Å². The maximum absolute atomic E-state index is 9.77. The topological polar surface area (TPSA) is 44.7 Å². The highest BCUT2D eigenvalue weighted by atomic mass is 16.5. The highest BCUT2D eigenvalue weighted by Gasteiger charge is 2.27. The Kier molecular flexibility index (Phi) is 6.75. The number of likely N-dealkylation sites (tertiary alicyclic amines) is 1. The zero-order valence-corrected chi connectivity index (χ0v) is 13.2. The number of hydrogen-bond donors (Lipinski definition) is 2. The zero-order chi connectivity index (χ0) is 14.4. The lowest BCUT2D eigenvalue weighted by Gasteiger charge is -2.34. The molecule has 20 heavy (non-hydrogen) atoms. The van der Waals surface area contributed by atoms with Gasteiger partial charge in [0.2, 0.25) is 0 Å². The molecule has 0 aromatic carbocycles. The van der Waals surface area contributed by atoms with Crippen molar-refractivity contribution in [2.24, 2.45) is 5.92 Å². The largest absolute Gasteiger partial charge is 0.389 e. The molecule has 2 rings (SSSR count). The summed E-state index contributed by atoms with van der Waals surface area (Å²) in [6.07, 6.45) is 7.59. The summed E-state index contributed by atoms with van der Waals surface area (Å²) in [4.78, 5) is 2.37. The van der Waals surface area contributed by atoms with Crippen molar-refractivity contribution in [3.8, 4) is 0 Å². The summed E-state index contributed by atoms with van der Waals surface area (Å²) in [7, 11) is 1.64. The first-order chi connectivity index (χ1) is 9.71. The second-order valence-corrected chi connectivity index (χ2v) is 6.63. The number of methoxy groups -OCH3 is 1.